The molecule has 0 bridgehead atoms. The summed E-state index contributed by atoms with van der Waals surface area (Å²) in [6.07, 6.45) is 4.47. The Bertz CT molecular complexity index is 1330. The second-order valence-corrected chi connectivity index (χ2v) is 9.92. The Hall–Kier alpha value is -4.11. The molecule has 192 valence electrons. The Morgan fingerprint density at radius 1 is 1.08 bits per heavy atom. The quantitative estimate of drug-likeness (QED) is 0.238. The van der Waals surface area contributed by atoms with Gasteiger partial charge in [-0.3, -0.25) is 10.6 Å². The summed E-state index contributed by atoms with van der Waals surface area (Å²) in [6.45, 7) is 10.8. The number of aromatic nitrogens is 2. The molecule has 0 spiro atoms. The van der Waals surface area contributed by atoms with E-state index < -0.39 is 0 Å². The summed E-state index contributed by atoms with van der Waals surface area (Å²) < 4.78 is 0. The lowest BCUT2D eigenvalue weighted by Crippen LogP contribution is -2.47. The molecule has 3 heterocycles. The molecule has 37 heavy (non-hydrogen) atoms. The van der Waals surface area contributed by atoms with Crippen molar-refractivity contribution >= 4 is 34.6 Å². The highest BCUT2D eigenvalue weighted by molar-refractivity contribution is 5.96. The van der Waals surface area contributed by atoms with E-state index in [2.05, 4.69) is 59.3 Å². The zero-order valence-electron chi connectivity index (χ0n) is 21.4. The average molecular weight is 499 g/mol. The van der Waals surface area contributed by atoms with Gasteiger partial charge in [-0.2, -0.15) is 0 Å². The molecule has 2 aliphatic rings. The van der Waals surface area contributed by atoms with Gasteiger partial charge in [0.05, 0.1) is 17.1 Å². The maximum absolute atomic E-state index is 13.0. The van der Waals surface area contributed by atoms with Crippen LogP contribution < -0.4 is 22.3 Å². The van der Waals surface area contributed by atoms with Crippen LogP contribution in [0.3, 0.4) is 0 Å². The number of likely N-dealkylation sites (tertiary alicyclic amines) is 1. The molecule has 9 heteroatoms. The molecule has 9 nitrogen and oxygen atoms in total. The fraction of sp³-hybridized carbons (Fsp3) is 0.321. The van der Waals surface area contributed by atoms with Gasteiger partial charge < -0.3 is 26.3 Å². The molecule has 1 aromatic heterocycles. The van der Waals surface area contributed by atoms with Gasteiger partial charge in [-0.05, 0) is 68.1 Å². The summed E-state index contributed by atoms with van der Waals surface area (Å²) in [6, 6.07) is 11.8. The predicted molar refractivity (Wildman–Crippen MR) is 148 cm³/mol. The van der Waals surface area contributed by atoms with Crippen LogP contribution in [0.5, 0.6) is 0 Å². The van der Waals surface area contributed by atoms with E-state index in [0.29, 0.717) is 42.0 Å². The summed E-state index contributed by atoms with van der Waals surface area (Å²) in [5.41, 5.74) is 16.5. The standard InChI is InChI=1S/C28H34N8O/c1-17-12-18(2)14-21(13-17)32-28-31-16-23-19(3)36(11-8-25(23)33-28)22-6-9-35(10-7-22)27(37)20-4-5-26(34-30)24(29)15-20/h4-5,12-16,22,34H,3,6-11,29-30H2,1-2H3,(H,31,32,33). The molecule has 0 atom stereocenters. The van der Waals surface area contributed by atoms with Crippen molar-refractivity contribution in [3.05, 3.63) is 77.1 Å². The second-order valence-electron chi connectivity index (χ2n) is 9.92. The molecule has 6 N–H and O–H groups in total. The first-order valence-corrected chi connectivity index (χ1v) is 12.6. The number of hydrazine groups is 1. The van der Waals surface area contributed by atoms with Crippen molar-refractivity contribution in [2.45, 2.75) is 39.2 Å². The van der Waals surface area contributed by atoms with Crippen LogP contribution in [-0.2, 0) is 6.42 Å². The number of anilines is 4. The van der Waals surface area contributed by atoms with Crippen LogP contribution in [0.1, 0.15) is 45.6 Å². The number of carbonyl (C=O) groups is 1. The smallest absolute Gasteiger partial charge is 0.253 e. The fourth-order valence-electron chi connectivity index (χ4n) is 5.39. The first-order chi connectivity index (χ1) is 17.8. The topological polar surface area (TPSA) is 125 Å². The molecule has 0 saturated carbocycles. The first-order valence-electron chi connectivity index (χ1n) is 12.6. The van der Waals surface area contributed by atoms with Crippen molar-refractivity contribution in [2.75, 3.05) is 36.1 Å². The third-order valence-electron chi connectivity index (χ3n) is 7.24. The van der Waals surface area contributed by atoms with Crippen LogP contribution in [0, 0.1) is 13.8 Å². The van der Waals surface area contributed by atoms with Crippen LogP contribution in [0.15, 0.2) is 49.2 Å². The van der Waals surface area contributed by atoms with E-state index in [0.717, 1.165) is 48.4 Å². The number of nitrogen functional groups attached to an aromatic ring is 2. The van der Waals surface area contributed by atoms with E-state index in [1.165, 1.54) is 11.1 Å². The number of fused-ring (bicyclic) bond motifs is 1. The van der Waals surface area contributed by atoms with E-state index in [1.54, 1.807) is 18.2 Å². The second kappa shape index (κ2) is 10.1. The van der Waals surface area contributed by atoms with E-state index in [9.17, 15) is 4.79 Å². The number of aryl methyl sites for hydroxylation is 2. The van der Waals surface area contributed by atoms with Crippen molar-refractivity contribution in [1.82, 2.24) is 19.8 Å². The van der Waals surface area contributed by atoms with Crippen LogP contribution >= 0.6 is 0 Å². The number of nitrogens with one attached hydrogen (secondary N) is 2. The number of amides is 1. The molecule has 1 saturated heterocycles. The number of rotatable bonds is 5. The largest absolute Gasteiger partial charge is 0.397 e. The lowest BCUT2D eigenvalue weighted by molar-refractivity contribution is 0.0666. The first kappa shape index (κ1) is 24.6. The molecule has 3 aromatic rings. The number of hydrogen-bond acceptors (Lipinski definition) is 8. The van der Waals surface area contributed by atoms with Gasteiger partial charge in [-0.25, -0.2) is 9.97 Å². The van der Waals surface area contributed by atoms with Crippen molar-refractivity contribution in [3.63, 3.8) is 0 Å². The minimum atomic E-state index is -0.00577. The number of nitrogens with two attached hydrogens (primary N) is 2. The highest BCUT2D eigenvalue weighted by Gasteiger charge is 2.31. The zero-order chi connectivity index (χ0) is 26.1. The van der Waals surface area contributed by atoms with Gasteiger partial charge in [0, 0.05) is 60.8 Å². The van der Waals surface area contributed by atoms with Crippen molar-refractivity contribution in [1.29, 1.82) is 0 Å². The van der Waals surface area contributed by atoms with Gasteiger partial charge >= 0.3 is 0 Å². The minimum absolute atomic E-state index is 0.00577. The van der Waals surface area contributed by atoms with Gasteiger partial charge in [-0.15, -0.1) is 0 Å². The molecule has 1 fully saturated rings. The van der Waals surface area contributed by atoms with Crippen molar-refractivity contribution in [2.24, 2.45) is 5.84 Å². The highest BCUT2D eigenvalue weighted by atomic mass is 16.2. The van der Waals surface area contributed by atoms with Gasteiger partial charge in [0.15, 0.2) is 0 Å². The normalized spacial score (nSPS) is 15.9. The number of nitrogens with zero attached hydrogens (tertiary/aromatic N) is 4. The van der Waals surface area contributed by atoms with Crippen LogP contribution in [-0.4, -0.2) is 51.4 Å². The fourth-order valence-corrected chi connectivity index (χ4v) is 5.39. The molecule has 2 aromatic carbocycles. The zero-order valence-corrected chi connectivity index (χ0v) is 21.4. The molecule has 2 aliphatic heterocycles. The van der Waals surface area contributed by atoms with E-state index in [-0.39, 0.29) is 5.91 Å². The van der Waals surface area contributed by atoms with Crippen LogP contribution in [0.25, 0.3) is 5.70 Å². The van der Waals surface area contributed by atoms with Crippen molar-refractivity contribution < 1.29 is 4.79 Å². The third kappa shape index (κ3) is 5.08. The molecule has 5 rings (SSSR count). The Morgan fingerprint density at radius 3 is 2.49 bits per heavy atom. The van der Waals surface area contributed by atoms with E-state index in [1.807, 2.05) is 11.1 Å². The van der Waals surface area contributed by atoms with E-state index >= 15 is 0 Å². The maximum atomic E-state index is 13.0. The monoisotopic (exact) mass is 498 g/mol. The minimum Gasteiger partial charge on any atom is -0.397 e. The number of benzene rings is 2. The summed E-state index contributed by atoms with van der Waals surface area (Å²) in [5.74, 6) is 6.05. The van der Waals surface area contributed by atoms with Gasteiger partial charge in [-0.1, -0.05) is 12.6 Å². The summed E-state index contributed by atoms with van der Waals surface area (Å²) in [7, 11) is 0. The predicted octanol–water partition coefficient (Wildman–Crippen LogP) is 3.84. The number of hydrogen-bond donors (Lipinski definition) is 4. The molecule has 0 unspecified atom stereocenters. The SMILES string of the molecule is C=C1c2cnc(Nc3cc(C)cc(C)c3)nc2CCN1C1CCN(C(=O)c2ccc(NN)c(N)c2)CC1. The number of piperidine rings is 1. The van der Waals surface area contributed by atoms with Gasteiger partial charge in [0.1, 0.15) is 0 Å². The summed E-state index contributed by atoms with van der Waals surface area (Å²) in [4.78, 5) is 26.7. The molecule has 0 aliphatic carbocycles. The lowest BCUT2D eigenvalue weighted by atomic mass is 9.96. The Morgan fingerprint density at radius 2 is 1.81 bits per heavy atom. The van der Waals surface area contributed by atoms with Gasteiger partial charge in [0.25, 0.3) is 5.91 Å². The van der Waals surface area contributed by atoms with Crippen LogP contribution in [0.2, 0.25) is 0 Å². The summed E-state index contributed by atoms with van der Waals surface area (Å²) in [5, 5.41) is 3.34. The molecule has 1 amide bonds. The molecular weight excluding hydrogens is 464 g/mol. The highest BCUT2D eigenvalue weighted by Crippen LogP contribution is 2.32. The maximum Gasteiger partial charge on any atom is 0.253 e. The lowest BCUT2D eigenvalue weighted by Gasteiger charge is -2.42. The molecule has 0 radical (unpaired) electrons. The Labute approximate surface area is 217 Å². The van der Waals surface area contributed by atoms with E-state index in [4.69, 9.17) is 16.6 Å². The Kier molecular flexibility index (Phi) is 6.71. The average Bonchev–Trinajstić information content (AvgIpc) is 2.88. The summed E-state index contributed by atoms with van der Waals surface area (Å²) >= 11 is 0. The van der Waals surface area contributed by atoms with Crippen LogP contribution in [0.4, 0.5) is 23.0 Å². The van der Waals surface area contributed by atoms with Crippen molar-refractivity contribution in [3.8, 4) is 0 Å². The molecular formula is C28H34N8O. The Balaban J connectivity index is 1.22. The van der Waals surface area contributed by atoms with Gasteiger partial charge in [0.2, 0.25) is 5.95 Å². The number of carbonyl (C=O) groups excluding carboxylic acids is 1. The third-order valence-corrected chi connectivity index (χ3v) is 7.24.